The summed E-state index contributed by atoms with van der Waals surface area (Å²) in [6.07, 6.45) is 1.90. The molecule has 14 heavy (non-hydrogen) atoms. The third-order valence-electron chi connectivity index (χ3n) is 2.69. The highest BCUT2D eigenvalue weighted by Gasteiger charge is 2.21. The minimum Gasteiger partial charge on any atom is -0.481 e. The fourth-order valence-electron chi connectivity index (χ4n) is 1.99. The molecule has 4 nitrogen and oxygen atoms in total. The first-order valence-electron chi connectivity index (χ1n) is 5.20. The minimum absolute atomic E-state index is 0.286. The van der Waals surface area contributed by atoms with Crippen molar-refractivity contribution in [3.05, 3.63) is 0 Å². The molecular formula is C10H19NO3. The van der Waals surface area contributed by atoms with Crippen LogP contribution in [0, 0.1) is 5.92 Å². The number of hydrogen-bond donors (Lipinski definition) is 2. The van der Waals surface area contributed by atoms with Crippen LogP contribution in [-0.2, 0) is 4.79 Å². The van der Waals surface area contributed by atoms with Gasteiger partial charge in [-0.3, -0.25) is 4.79 Å². The van der Waals surface area contributed by atoms with E-state index in [2.05, 4.69) is 4.90 Å². The number of nitrogens with zero attached hydrogens (tertiary/aromatic N) is 1. The summed E-state index contributed by atoms with van der Waals surface area (Å²) in [5, 5.41) is 17.8. The standard InChI is InChI=1S/C10H19NO3/c1-8(12)7-11-4-2-9(3-5-11)6-10(13)14/h8-9,12H,2-7H2,1H3,(H,13,14). The zero-order chi connectivity index (χ0) is 10.6. The first kappa shape index (κ1) is 11.5. The van der Waals surface area contributed by atoms with E-state index in [9.17, 15) is 9.90 Å². The molecule has 0 aromatic carbocycles. The van der Waals surface area contributed by atoms with Crippen molar-refractivity contribution in [2.45, 2.75) is 32.3 Å². The number of aliphatic hydroxyl groups is 1. The van der Waals surface area contributed by atoms with Crippen LogP contribution in [0.15, 0.2) is 0 Å². The van der Waals surface area contributed by atoms with Gasteiger partial charge in [0.05, 0.1) is 6.10 Å². The number of aliphatic hydroxyl groups excluding tert-OH is 1. The lowest BCUT2D eigenvalue weighted by molar-refractivity contribution is -0.138. The first-order valence-corrected chi connectivity index (χ1v) is 5.20. The monoisotopic (exact) mass is 201 g/mol. The maximum atomic E-state index is 10.5. The summed E-state index contributed by atoms with van der Waals surface area (Å²) >= 11 is 0. The summed E-state index contributed by atoms with van der Waals surface area (Å²) in [4.78, 5) is 12.7. The summed E-state index contributed by atoms with van der Waals surface area (Å²) in [6, 6.07) is 0. The Bertz CT molecular complexity index is 186. The largest absolute Gasteiger partial charge is 0.481 e. The molecule has 2 N–H and O–H groups in total. The molecule has 0 bridgehead atoms. The van der Waals surface area contributed by atoms with Crippen molar-refractivity contribution in [2.75, 3.05) is 19.6 Å². The van der Waals surface area contributed by atoms with Gasteiger partial charge in [-0.05, 0) is 38.8 Å². The van der Waals surface area contributed by atoms with Crippen LogP contribution in [0.2, 0.25) is 0 Å². The predicted molar refractivity (Wildman–Crippen MR) is 53.1 cm³/mol. The number of piperidine rings is 1. The number of hydrogen-bond acceptors (Lipinski definition) is 3. The molecule has 1 fully saturated rings. The summed E-state index contributed by atoms with van der Waals surface area (Å²) in [6.45, 7) is 4.33. The van der Waals surface area contributed by atoms with Gasteiger partial charge in [-0.2, -0.15) is 0 Å². The van der Waals surface area contributed by atoms with E-state index < -0.39 is 5.97 Å². The maximum Gasteiger partial charge on any atom is 0.303 e. The van der Waals surface area contributed by atoms with E-state index in [0.29, 0.717) is 18.9 Å². The number of aliphatic carboxylic acids is 1. The summed E-state index contributed by atoms with van der Waals surface area (Å²) in [5.74, 6) is -0.364. The normalized spacial score (nSPS) is 22.1. The van der Waals surface area contributed by atoms with Crippen LogP contribution in [0.5, 0.6) is 0 Å². The number of β-amino-alcohol motifs (C(OH)–C–C–N with tert-alkyl or cyclic N) is 1. The van der Waals surface area contributed by atoms with Crippen LogP contribution in [0.4, 0.5) is 0 Å². The smallest absolute Gasteiger partial charge is 0.303 e. The molecular weight excluding hydrogens is 182 g/mol. The SMILES string of the molecule is CC(O)CN1CCC(CC(=O)O)CC1. The molecule has 0 amide bonds. The predicted octanol–water partition coefficient (Wildman–Crippen LogP) is 0.554. The number of likely N-dealkylation sites (tertiary alicyclic amines) is 1. The Hall–Kier alpha value is -0.610. The van der Waals surface area contributed by atoms with Crippen LogP contribution in [0.3, 0.4) is 0 Å². The highest BCUT2D eigenvalue weighted by atomic mass is 16.4. The van der Waals surface area contributed by atoms with Gasteiger partial charge in [0.1, 0.15) is 0 Å². The summed E-state index contributed by atoms with van der Waals surface area (Å²) in [7, 11) is 0. The van der Waals surface area contributed by atoms with Gasteiger partial charge in [-0.15, -0.1) is 0 Å². The van der Waals surface area contributed by atoms with Crippen molar-refractivity contribution in [1.29, 1.82) is 0 Å². The average molecular weight is 201 g/mol. The van der Waals surface area contributed by atoms with Gasteiger partial charge in [0.2, 0.25) is 0 Å². The molecule has 1 heterocycles. The Morgan fingerprint density at radius 2 is 2.07 bits per heavy atom. The van der Waals surface area contributed by atoms with Gasteiger partial charge in [-0.25, -0.2) is 0 Å². The Balaban J connectivity index is 2.21. The van der Waals surface area contributed by atoms with E-state index in [4.69, 9.17) is 5.11 Å². The second-order valence-electron chi connectivity index (χ2n) is 4.19. The van der Waals surface area contributed by atoms with Crippen LogP contribution in [0.25, 0.3) is 0 Å². The zero-order valence-corrected chi connectivity index (χ0v) is 8.65. The van der Waals surface area contributed by atoms with Crippen molar-refractivity contribution >= 4 is 5.97 Å². The highest BCUT2D eigenvalue weighted by molar-refractivity contribution is 5.67. The van der Waals surface area contributed by atoms with Crippen LogP contribution in [0.1, 0.15) is 26.2 Å². The second-order valence-corrected chi connectivity index (χ2v) is 4.19. The Morgan fingerprint density at radius 1 is 1.50 bits per heavy atom. The van der Waals surface area contributed by atoms with Gasteiger partial charge >= 0.3 is 5.97 Å². The van der Waals surface area contributed by atoms with Gasteiger partial charge in [0.15, 0.2) is 0 Å². The molecule has 1 atom stereocenters. The van der Waals surface area contributed by atoms with Gasteiger partial charge in [0, 0.05) is 13.0 Å². The topological polar surface area (TPSA) is 60.8 Å². The van der Waals surface area contributed by atoms with Crippen molar-refractivity contribution in [3.8, 4) is 0 Å². The quantitative estimate of drug-likeness (QED) is 0.697. The molecule has 1 unspecified atom stereocenters. The molecule has 82 valence electrons. The maximum absolute atomic E-state index is 10.5. The number of carboxylic acid groups (broad SMARTS) is 1. The Kier molecular flexibility index (Phi) is 4.35. The lowest BCUT2D eigenvalue weighted by Crippen LogP contribution is -2.38. The summed E-state index contributed by atoms with van der Waals surface area (Å²) < 4.78 is 0. The van der Waals surface area contributed by atoms with Crippen LogP contribution >= 0.6 is 0 Å². The molecule has 0 aliphatic carbocycles. The molecule has 1 aliphatic rings. The Labute approximate surface area is 84.5 Å². The molecule has 0 aromatic heterocycles. The molecule has 1 aliphatic heterocycles. The highest BCUT2D eigenvalue weighted by Crippen LogP contribution is 2.20. The molecule has 0 aromatic rings. The van der Waals surface area contributed by atoms with E-state index in [1.165, 1.54) is 0 Å². The lowest BCUT2D eigenvalue weighted by atomic mass is 9.93. The van der Waals surface area contributed by atoms with Gasteiger partial charge in [-0.1, -0.05) is 0 Å². The van der Waals surface area contributed by atoms with Gasteiger partial charge < -0.3 is 15.1 Å². The summed E-state index contributed by atoms with van der Waals surface area (Å²) in [5.41, 5.74) is 0. The number of carboxylic acids is 1. The van der Waals surface area contributed by atoms with Crippen molar-refractivity contribution in [3.63, 3.8) is 0 Å². The molecule has 1 saturated heterocycles. The van der Waals surface area contributed by atoms with Crippen molar-refractivity contribution in [1.82, 2.24) is 4.90 Å². The van der Waals surface area contributed by atoms with Gasteiger partial charge in [0.25, 0.3) is 0 Å². The first-order chi connectivity index (χ1) is 6.58. The van der Waals surface area contributed by atoms with E-state index in [-0.39, 0.29) is 6.10 Å². The minimum atomic E-state index is -0.695. The molecule has 0 radical (unpaired) electrons. The molecule has 0 saturated carbocycles. The molecule has 1 rings (SSSR count). The number of carbonyl (C=O) groups is 1. The van der Waals surface area contributed by atoms with E-state index in [1.54, 1.807) is 6.92 Å². The van der Waals surface area contributed by atoms with E-state index in [1.807, 2.05) is 0 Å². The lowest BCUT2D eigenvalue weighted by Gasteiger charge is -2.31. The van der Waals surface area contributed by atoms with Crippen molar-refractivity contribution < 1.29 is 15.0 Å². The number of rotatable bonds is 4. The third kappa shape index (κ3) is 4.07. The molecule has 4 heteroatoms. The fourth-order valence-corrected chi connectivity index (χ4v) is 1.99. The van der Waals surface area contributed by atoms with Crippen LogP contribution in [-0.4, -0.2) is 46.8 Å². The van der Waals surface area contributed by atoms with E-state index >= 15 is 0 Å². The molecule has 0 spiro atoms. The third-order valence-corrected chi connectivity index (χ3v) is 2.69. The second kappa shape index (κ2) is 5.32. The fraction of sp³-hybridized carbons (Fsp3) is 0.900. The van der Waals surface area contributed by atoms with Crippen LogP contribution < -0.4 is 0 Å². The Morgan fingerprint density at radius 3 is 2.50 bits per heavy atom. The average Bonchev–Trinajstić information content (AvgIpc) is 2.06. The zero-order valence-electron chi connectivity index (χ0n) is 8.65. The van der Waals surface area contributed by atoms with Crippen molar-refractivity contribution in [2.24, 2.45) is 5.92 Å². The van der Waals surface area contributed by atoms with E-state index in [0.717, 1.165) is 25.9 Å².